The minimum absolute atomic E-state index is 0.0789. The molecule has 1 atom stereocenters. The summed E-state index contributed by atoms with van der Waals surface area (Å²) >= 11 is 1.66. The fourth-order valence-electron chi connectivity index (χ4n) is 2.69. The number of nitrogens with zero attached hydrogens (tertiary/aromatic N) is 1. The Kier molecular flexibility index (Phi) is 5.16. The second kappa shape index (κ2) is 7.49. The number of benzene rings is 1. The van der Waals surface area contributed by atoms with Crippen LogP contribution in [0.3, 0.4) is 0 Å². The van der Waals surface area contributed by atoms with Gasteiger partial charge in [0.05, 0.1) is 11.4 Å². The third-order valence-corrected chi connectivity index (χ3v) is 4.95. The van der Waals surface area contributed by atoms with Crippen molar-refractivity contribution in [3.8, 4) is 0 Å². The van der Waals surface area contributed by atoms with Crippen molar-refractivity contribution in [1.82, 2.24) is 0 Å². The summed E-state index contributed by atoms with van der Waals surface area (Å²) in [4.78, 5) is 17.2. The van der Waals surface area contributed by atoms with Crippen molar-refractivity contribution >= 4 is 23.4 Å². The van der Waals surface area contributed by atoms with E-state index in [1.807, 2.05) is 48.6 Å². The van der Waals surface area contributed by atoms with E-state index in [0.29, 0.717) is 12.3 Å². The molecule has 0 radical (unpaired) electrons. The maximum atomic E-state index is 12.8. The van der Waals surface area contributed by atoms with Gasteiger partial charge in [-0.05, 0) is 17.4 Å². The minimum Gasteiger partial charge on any atom is -0.386 e. The maximum absolute atomic E-state index is 12.8. The number of hydrogen-bond donors (Lipinski definition) is 1. The Morgan fingerprint density at radius 2 is 2.08 bits per heavy atom. The van der Waals surface area contributed by atoms with E-state index in [2.05, 4.69) is 23.4 Å². The summed E-state index contributed by atoms with van der Waals surface area (Å²) in [6.07, 6.45) is 8.73. The molecule has 0 saturated carbocycles. The van der Waals surface area contributed by atoms with E-state index >= 15 is 0 Å². The summed E-state index contributed by atoms with van der Waals surface area (Å²) in [6.45, 7) is 2.10. The summed E-state index contributed by atoms with van der Waals surface area (Å²) in [5.41, 5.74) is 9.41. The lowest BCUT2D eigenvalue weighted by atomic mass is 9.93. The van der Waals surface area contributed by atoms with Crippen LogP contribution in [-0.4, -0.2) is 17.4 Å². The van der Waals surface area contributed by atoms with Crippen LogP contribution in [-0.2, 0) is 0 Å². The molecule has 1 aromatic carbocycles. The van der Waals surface area contributed by atoms with Crippen LogP contribution < -0.4 is 5.73 Å². The molecule has 3 rings (SSSR count). The highest BCUT2D eigenvalue weighted by atomic mass is 32.2. The second-order valence-corrected chi connectivity index (χ2v) is 6.70. The average molecular weight is 336 g/mol. The fourth-order valence-corrected chi connectivity index (χ4v) is 3.44. The molecule has 0 saturated heterocycles. The molecule has 2 aliphatic rings. The van der Waals surface area contributed by atoms with Crippen LogP contribution in [0, 0.1) is 5.92 Å². The van der Waals surface area contributed by atoms with Gasteiger partial charge >= 0.3 is 0 Å². The summed E-state index contributed by atoms with van der Waals surface area (Å²) in [5, 5.41) is 2.06. The monoisotopic (exact) mass is 336 g/mol. The predicted molar refractivity (Wildman–Crippen MR) is 102 cm³/mol. The number of Topliss-reactive ketones (excluding diaryl/α,β-unsaturated/α-hetero) is 1. The molecule has 1 aliphatic heterocycles. The van der Waals surface area contributed by atoms with Crippen LogP contribution in [0.1, 0.15) is 23.7 Å². The number of carbonyl (C=O) groups is 1. The SMILES string of the molecule is CC(C1=CC=CCC(C(=O)c2ccccc2)=C1)C1=CSCC(N)=N1. The van der Waals surface area contributed by atoms with Crippen molar-refractivity contribution in [3.63, 3.8) is 0 Å². The third kappa shape index (κ3) is 3.77. The van der Waals surface area contributed by atoms with E-state index in [0.717, 1.165) is 28.2 Å². The lowest BCUT2D eigenvalue weighted by molar-refractivity contribution is 0.103. The number of aliphatic imine (C=N–C) groups is 1. The van der Waals surface area contributed by atoms with Crippen molar-refractivity contribution < 1.29 is 4.79 Å². The van der Waals surface area contributed by atoms with E-state index in [1.54, 1.807) is 11.8 Å². The van der Waals surface area contributed by atoms with Crippen LogP contribution in [0.5, 0.6) is 0 Å². The molecule has 0 spiro atoms. The van der Waals surface area contributed by atoms with E-state index in [1.165, 1.54) is 0 Å². The van der Waals surface area contributed by atoms with Gasteiger partial charge in [0.2, 0.25) is 0 Å². The average Bonchev–Trinajstić information content (AvgIpc) is 2.87. The predicted octanol–water partition coefficient (Wildman–Crippen LogP) is 4.26. The Morgan fingerprint density at radius 3 is 2.83 bits per heavy atom. The van der Waals surface area contributed by atoms with Crippen molar-refractivity contribution in [2.24, 2.45) is 16.6 Å². The number of thioether (sulfide) groups is 1. The van der Waals surface area contributed by atoms with E-state index < -0.39 is 0 Å². The molecule has 4 heteroatoms. The van der Waals surface area contributed by atoms with Gasteiger partial charge in [0.25, 0.3) is 0 Å². The summed E-state index contributed by atoms with van der Waals surface area (Å²) in [7, 11) is 0. The first kappa shape index (κ1) is 16.5. The molecule has 122 valence electrons. The first-order chi connectivity index (χ1) is 11.6. The smallest absolute Gasteiger partial charge is 0.189 e. The fraction of sp³-hybridized carbons (Fsp3) is 0.200. The van der Waals surface area contributed by atoms with Crippen LogP contribution in [0.2, 0.25) is 0 Å². The molecule has 1 unspecified atom stereocenters. The van der Waals surface area contributed by atoms with Gasteiger partial charge in [-0.2, -0.15) is 0 Å². The number of allylic oxidation sites excluding steroid dienone is 6. The topological polar surface area (TPSA) is 55.5 Å². The molecule has 0 fully saturated rings. The molecular formula is C20H20N2OS. The molecule has 24 heavy (non-hydrogen) atoms. The zero-order valence-corrected chi connectivity index (χ0v) is 14.4. The molecule has 1 heterocycles. The Morgan fingerprint density at radius 1 is 1.29 bits per heavy atom. The molecule has 1 aliphatic carbocycles. The Labute approximate surface area is 146 Å². The van der Waals surface area contributed by atoms with E-state index in [4.69, 9.17) is 5.73 Å². The highest BCUT2D eigenvalue weighted by Crippen LogP contribution is 2.30. The third-order valence-electron chi connectivity index (χ3n) is 4.08. The lowest BCUT2D eigenvalue weighted by Crippen LogP contribution is -2.18. The van der Waals surface area contributed by atoms with Gasteiger partial charge in [-0.25, -0.2) is 4.99 Å². The van der Waals surface area contributed by atoms with Crippen molar-refractivity contribution in [3.05, 3.63) is 82.5 Å². The molecule has 2 N–H and O–H groups in total. The highest BCUT2D eigenvalue weighted by molar-refractivity contribution is 8.02. The standard InChI is InChI=1S/C20H20N2OS/c1-14(18-12-24-13-19(21)22-18)16-9-5-6-10-17(11-16)20(23)15-7-3-2-4-8-15/h2-9,11-12,14H,10,13H2,1H3,(H2,21,22). The number of carbonyl (C=O) groups excluding carboxylic acids is 1. The number of nitrogens with two attached hydrogens (primary N) is 1. The number of rotatable bonds is 4. The van der Waals surface area contributed by atoms with Crippen LogP contribution in [0.15, 0.2) is 81.9 Å². The van der Waals surface area contributed by atoms with Crippen LogP contribution in [0.4, 0.5) is 0 Å². The van der Waals surface area contributed by atoms with E-state index in [9.17, 15) is 4.79 Å². The molecule has 0 amide bonds. The van der Waals surface area contributed by atoms with Gasteiger partial charge in [0, 0.05) is 17.1 Å². The molecule has 1 aromatic rings. The normalized spacial score (nSPS) is 18.7. The van der Waals surface area contributed by atoms with Crippen molar-refractivity contribution in [1.29, 1.82) is 0 Å². The zero-order valence-electron chi connectivity index (χ0n) is 13.6. The Balaban J connectivity index is 1.88. The van der Waals surface area contributed by atoms with Crippen molar-refractivity contribution in [2.45, 2.75) is 13.3 Å². The minimum atomic E-state index is 0.0789. The van der Waals surface area contributed by atoms with Gasteiger partial charge in [0.1, 0.15) is 5.84 Å². The largest absolute Gasteiger partial charge is 0.386 e. The first-order valence-electron chi connectivity index (χ1n) is 7.97. The summed E-state index contributed by atoms with van der Waals surface area (Å²) in [6, 6.07) is 9.41. The lowest BCUT2D eigenvalue weighted by Gasteiger charge is -2.17. The first-order valence-corrected chi connectivity index (χ1v) is 9.02. The Hall–Kier alpha value is -2.33. The second-order valence-electron chi connectivity index (χ2n) is 5.84. The van der Waals surface area contributed by atoms with Crippen LogP contribution >= 0.6 is 11.8 Å². The number of ketones is 1. The Bertz CT molecular complexity index is 785. The number of hydrogen-bond acceptors (Lipinski definition) is 4. The van der Waals surface area contributed by atoms with Gasteiger partial charge in [-0.3, -0.25) is 4.79 Å². The summed E-state index contributed by atoms with van der Waals surface area (Å²) < 4.78 is 0. The van der Waals surface area contributed by atoms with Gasteiger partial charge in [-0.15, -0.1) is 11.8 Å². The molecule has 0 bridgehead atoms. The molecule has 3 nitrogen and oxygen atoms in total. The molecular weight excluding hydrogens is 316 g/mol. The maximum Gasteiger partial charge on any atom is 0.189 e. The number of amidine groups is 1. The summed E-state index contributed by atoms with van der Waals surface area (Å²) in [5.74, 6) is 1.56. The quantitative estimate of drug-likeness (QED) is 0.836. The van der Waals surface area contributed by atoms with Gasteiger partial charge in [0.15, 0.2) is 5.78 Å². The van der Waals surface area contributed by atoms with Gasteiger partial charge < -0.3 is 5.73 Å². The van der Waals surface area contributed by atoms with Crippen molar-refractivity contribution in [2.75, 3.05) is 5.75 Å². The highest BCUT2D eigenvalue weighted by Gasteiger charge is 2.19. The van der Waals surface area contributed by atoms with Gasteiger partial charge in [-0.1, -0.05) is 61.6 Å². The zero-order chi connectivity index (χ0) is 16.9. The van der Waals surface area contributed by atoms with Crippen LogP contribution in [0.25, 0.3) is 0 Å². The molecule has 0 aromatic heterocycles. The van der Waals surface area contributed by atoms with E-state index in [-0.39, 0.29) is 11.7 Å².